The minimum absolute atomic E-state index is 0.128. The van der Waals surface area contributed by atoms with Crippen LogP contribution in [-0.2, 0) is 9.53 Å². The number of methoxy groups -OCH3 is 1. The fraction of sp³-hybridized carbons (Fsp3) is 0.688. The Labute approximate surface area is 137 Å². The highest BCUT2D eigenvalue weighted by Crippen LogP contribution is 2.30. The summed E-state index contributed by atoms with van der Waals surface area (Å²) in [4.78, 5) is 14.6. The van der Waals surface area contributed by atoms with Crippen molar-refractivity contribution >= 4 is 5.91 Å². The molecule has 1 aliphatic heterocycles. The first-order valence-electron chi connectivity index (χ1n) is 8.20. The second kappa shape index (κ2) is 7.70. The summed E-state index contributed by atoms with van der Waals surface area (Å²) >= 11 is 0. The number of hydrogen-bond acceptors (Lipinski definition) is 6. The second-order valence-electron chi connectivity index (χ2n) is 6.47. The number of nitrogens with zero attached hydrogens (tertiary/aromatic N) is 1. The standard InChI is InChI=1S/C16H29N5O2/c1-10(17)8-13(16(22)20-14(18)11-5-6-11)15(19)21-7-3-4-12(9-21)23-2/h8,11-12,14H,3-7,9,17-19H2,1-2H3,(H,20,22)/b10-8-,15-13-/t12-,14?/m1/s1. The lowest BCUT2D eigenvalue weighted by Crippen LogP contribution is -2.46. The molecular formula is C16H29N5O2. The Kier molecular flexibility index (Phi) is 5.90. The second-order valence-corrected chi connectivity index (χ2v) is 6.47. The maximum Gasteiger partial charge on any atom is 0.256 e. The molecule has 1 unspecified atom stereocenters. The number of rotatable bonds is 6. The molecule has 7 heteroatoms. The van der Waals surface area contributed by atoms with E-state index in [1.165, 1.54) is 0 Å². The lowest BCUT2D eigenvalue weighted by Gasteiger charge is -2.34. The summed E-state index contributed by atoms with van der Waals surface area (Å²) < 4.78 is 5.42. The van der Waals surface area contributed by atoms with E-state index in [-0.39, 0.29) is 18.2 Å². The van der Waals surface area contributed by atoms with Gasteiger partial charge in [-0.25, -0.2) is 0 Å². The van der Waals surface area contributed by atoms with Crippen LogP contribution in [0.3, 0.4) is 0 Å². The highest BCUT2D eigenvalue weighted by atomic mass is 16.5. The van der Waals surface area contributed by atoms with Gasteiger partial charge in [-0.15, -0.1) is 0 Å². The highest BCUT2D eigenvalue weighted by Gasteiger charge is 2.31. The van der Waals surface area contributed by atoms with Gasteiger partial charge in [-0.2, -0.15) is 0 Å². The molecular weight excluding hydrogens is 294 g/mol. The van der Waals surface area contributed by atoms with E-state index in [2.05, 4.69) is 5.32 Å². The van der Waals surface area contributed by atoms with Gasteiger partial charge in [-0.3, -0.25) is 4.79 Å². The summed E-state index contributed by atoms with van der Waals surface area (Å²) in [6.07, 6.45) is 5.50. The van der Waals surface area contributed by atoms with E-state index in [1.807, 2.05) is 4.90 Å². The SMILES string of the molecule is CO[C@@H]1CCCN(/C(N)=C(/C=C(/C)N)C(=O)NC(N)C2CC2)C1. The van der Waals surface area contributed by atoms with E-state index < -0.39 is 0 Å². The highest BCUT2D eigenvalue weighted by molar-refractivity contribution is 5.97. The van der Waals surface area contributed by atoms with Gasteiger partial charge < -0.3 is 32.2 Å². The maximum absolute atomic E-state index is 12.6. The minimum Gasteiger partial charge on any atom is -0.402 e. The number of amides is 1. The van der Waals surface area contributed by atoms with Crippen molar-refractivity contribution in [3.8, 4) is 0 Å². The van der Waals surface area contributed by atoms with Crippen molar-refractivity contribution in [3.05, 3.63) is 23.2 Å². The van der Waals surface area contributed by atoms with Crippen molar-refractivity contribution in [1.29, 1.82) is 0 Å². The smallest absolute Gasteiger partial charge is 0.256 e. The van der Waals surface area contributed by atoms with Gasteiger partial charge in [0.1, 0.15) is 5.82 Å². The molecule has 0 radical (unpaired) electrons. The third-order valence-electron chi connectivity index (χ3n) is 4.37. The Morgan fingerprint density at radius 3 is 2.61 bits per heavy atom. The van der Waals surface area contributed by atoms with Gasteiger partial charge >= 0.3 is 0 Å². The summed E-state index contributed by atoms with van der Waals surface area (Å²) in [5.41, 5.74) is 18.9. The molecule has 7 nitrogen and oxygen atoms in total. The number of piperidine rings is 1. The number of allylic oxidation sites excluding steroid dienone is 1. The summed E-state index contributed by atoms with van der Waals surface area (Å²) in [6.45, 7) is 3.20. The molecule has 23 heavy (non-hydrogen) atoms. The largest absolute Gasteiger partial charge is 0.402 e. The minimum atomic E-state index is -0.329. The van der Waals surface area contributed by atoms with E-state index in [0.29, 0.717) is 29.6 Å². The van der Waals surface area contributed by atoms with Gasteiger partial charge in [-0.1, -0.05) is 0 Å². The van der Waals surface area contributed by atoms with Crippen LogP contribution in [0.15, 0.2) is 23.2 Å². The number of nitrogens with one attached hydrogen (secondary N) is 1. The molecule has 2 rings (SSSR count). The molecule has 2 atom stereocenters. The average molecular weight is 323 g/mol. The quantitative estimate of drug-likeness (QED) is 0.309. The molecule has 0 bridgehead atoms. The van der Waals surface area contributed by atoms with Crippen LogP contribution in [0.4, 0.5) is 0 Å². The predicted octanol–water partition coefficient (Wildman–Crippen LogP) is -0.0590. The lowest BCUT2D eigenvalue weighted by atomic mass is 10.1. The molecule has 1 amide bonds. The Bertz CT molecular complexity index is 495. The van der Waals surface area contributed by atoms with Crippen LogP contribution in [0, 0.1) is 5.92 Å². The Balaban J connectivity index is 2.17. The van der Waals surface area contributed by atoms with Gasteiger partial charge in [-0.05, 0) is 44.6 Å². The number of ether oxygens (including phenoxy) is 1. The van der Waals surface area contributed by atoms with E-state index in [0.717, 1.165) is 32.2 Å². The average Bonchev–Trinajstić information content (AvgIpc) is 3.36. The van der Waals surface area contributed by atoms with Crippen molar-refractivity contribution in [3.63, 3.8) is 0 Å². The molecule has 1 heterocycles. The summed E-state index contributed by atoms with van der Waals surface area (Å²) in [6, 6.07) is 0. The van der Waals surface area contributed by atoms with Crippen molar-refractivity contribution in [2.75, 3.05) is 20.2 Å². The Morgan fingerprint density at radius 1 is 1.35 bits per heavy atom. The van der Waals surface area contributed by atoms with Crippen LogP contribution in [-0.4, -0.2) is 43.3 Å². The van der Waals surface area contributed by atoms with Crippen LogP contribution in [0.1, 0.15) is 32.6 Å². The van der Waals surface area contributed by atoms with E-state index in [4.69, 9.17) is 21.9 Å². The first-order valence-corrected chi connectivity index (χ1v) is 8.20. The van der Waals surface area contributed by atoms with Crippen molar-refractivity contribution in [2.24, 2.45) is 23.1 Å². The summed E-state index contributed by atoms with van der Waals surface area (Å²) in [5, 5.41) is 2.84. The topological polar surface area (TPSA) is 120 Å². The Morgan fingerprint density at radius 2 is 2.04 bits per heavy atom. The maximum atomic E-state index is 12.6. The number of carbonyl (C=O) groups excluding carboxylic acids is 1. The zero-order valence-electron chi connectivity index (χ0n) is 14.0. The molecule has 1 saturated carbocycles. The van der Waals surface area contributed by atoms with Crippen molar-refractivity contribution < 1.29 is 9.53 Å². The van der Waals surface area contributed by atoms with Gasteiger partial charge in [0.2, 0.25) is 0 Å². The normalized spacial score (nSPS) is 24.9. The number of hydrogen-bond donors (Lipinski definition) is 4. The predicted molar refractivity (Wildman–Crippen MR) is 89.6 cm³/mol. The van der Waals surface area contributed by atoms with Gasteiger partial charge in [0.25, 0.3) is 5.91 Å². The molecule has 130 valence electrons. The third-order valence-corrected chi connectivity index (χ3v) is 4.37. The zero-order chi connectivity index (χ0) is 17.0. The van der Waals surface area contributed by atoms with Crippen molar-refractivity contribution in [1.82, 2.24) is 10.2 Å². The number of likely N-dealkylation sites (tertiary alicyclic amines) is 1. The van der Waals surface area contributed by atoms with E-state index >= 15 is 0 Å². The molecule has 0 spiro atoms. The number of nitrogens with two attached hydrogens (primary N) is 3. The monoisotopic (exact) mass is 323 g/mol. The summed E-state index contributed by atoms with van der Waals surface area (Å²) in [5.74, 6) is 0.528. The van der Waals surface area contributed by atoms with E-state index in [9.17, 15) is 4.79 Å². The number of carbonyl (C=O) groups is 1. The zero-order valence-corrected chi connectivity index (χ0v) is 14.0. The molecule has 1 saturated heterocycles. The molecule has 2 aliphatic rings. The van der Waals surface area contributed by atoms with Crippen molar-refractivity contribution in [2.45, 2.75) is 44.9 Å². The molecule has 7 N–H and O–H groups in total. The fourth-order valence-electron chi connectivity index (χ4n) is 2.81. The Hall–Kier alpha value is -1.73. The van der Waals surface area contributed by atoms with Crippen LogP contribution in [0.2, 0.25) is 0 Å². The molecule has 0 aromatic heterocycles. The van der Waals surface area contributed by atoms with Crippen LogP contribution < -0.4 is 22.5 Å². The van der Waals surface area contributed by atoms with Gasteiger partial charge in [0.15, 0.2) is 0 Å². The van der Waals surface area contributed by atoms with Crippen LogP contribution >= 0.6 is 0 Å². The first kappa shape index (κ1) is 17.6. The third kappa shape index (κ3) is 4.87. The molecule has 1 aliphatic carbocycles. The molecule has 2 fully saturated rings. The lowest BCUT2D eigenvalue weighted by molar-refractivity contribution is -0.118. The summed E-state index contributed by atoms with van der Waals surface area (Å²) in [7, 11) is 1.69. The van der Waals surface area contributed by atoms with E-state index in [1.54, 1.807) is 20.1 Å². The van der Waals surface area contributed by atoms with Crippen LogP contribution in [0.25, 0.3) is 0 Å². The van der Waals surface area contributed by atoms with Crippen LogP contribution in [0.5, 0.6) is 0 Å². The van der Waals surface area contributed by atoms with Gasteiger partial charge in [0.05, 0.1) is 17.8 Å². The first-order chi connectivity index (χ1) is 10.9. The fourth-order valence-corrected chi connectivity index (χ4v) is 2.81. The van der Waals surface area contributed by atoms with Gasteiger partial charge in [0, 0.05) is 25.9 Å². The molecule has 0 aromatic rings. The molecule has 0 aromatic carbocycles.